The third kappa shape index (κ3) is 3.08. The standard InChI is InChI=1S/C17H24N4S2/c1-20(2)11-14-18-16(21-7-9-22-10-8-21)15-12-5-3-4-6-13(12)23-17(15)19-14/h3-11H2,1-2H3. The zero-order chi connectivity index (χ0) is 15.8. The Morgan fingerprint density at radius 3 is 2.65 bits per heavy atom. The van der Waals surface area contributed by atoms with Crippen molar-refractivity contribution >= 4 is 39.1 Å². The minimum atomic E-state index is 0.814. The quantitative estimate of drug-likeness (QED) is 0.850. The smallest absolute Gasteiger partial charge is 0.146 e. The van der Waals surface area contributed by atoms with Crippen molar-refractivity contribution in [2.24, 2.45) is 0 Å². The van der Waals surface area contributed by atoms with Crippen molar-refractivity contribution in [3.05, 3.63) is 16.3 Å². The molecule has 2 aromatic rings. The van der Waals surface area contributed by atoms with Gasteiger partial charge in [-0.1, -0.05) is 0 Å². The van der Waals surface area contributed by atoms with Gasteiger partial charge in [-0.25, -0.2) is 9.97 Å². The summed E-state index contributed by atoms with van der Waals surface area (Å²) in [4.78, 5) is 17.4. The van der Waals surface area contributed by atoms with E-state index in [2.05, 4.69) is 35.7 Å². The van der Waals surface area contributed by atoms with Gasteiger partial charge in [-0.05, 0) is 45.3 Å². The fraction of sp³-hybridized carbons (Fsp3) is 0.647. The maximum Gasteiger partial charge on any atom is 0.146 e. The van der Waals surface area contributed by atoms with Crippen LogP contribution in [0.2, 0.25) is 0 Å². The van der Waals surface area contributed by atoms with Crippen molar-refractivity contribution in [1.82, 2.24) is 14.9 Å². The van der Waals surface area contributed by atoms with Crippen molar-refractivity contribution in [1.29, 1.82) is 0 Å². The largest absolute Gasteiger partial charge is 0.354 e. The maximum atomic E-state index is 5.02. The predicted molar refractivity (Wildman–Crippen MR) is 101 cm³/mol. The van der Waals surface area contributed by atoms with Gasteiger partial charge in [0.25, 0.3) is 0 Å². The number of hydrogen-bond acceptors (Lipinski definition) is 6. The summed E-state index contributed by atoms with van der Waals surface area (Å²) in [7, 11) is 4.18. The number of aromatic nitrogens is 2. The Morgan fingerprint density at radius 2 is 1.87 bits per heavy atom. The average Bonchev–Trinajstić information content (AvgIpc) is 2.92. The van der Waals surface area contributed by atoms with Gasteiger partial charge in [0.2, 0.25) is 0 Å². The molecule has 0 amide bonds. The molecule has 0 N–H and O–H groups in total. The van der Waals surface area contributed by atoms with E-state index in [1.807, 2.05) is 11.3 Å². The van der Waals surface area contributed by atoms with Crippen LogP contribution in [-0.2, 0) is 19.4 Å². The number of fused-ring (bicyclic) bond motifs is 3. The van der Waals surface area contributed by atoms with Crippen LogP contribution in [0.4, 0.5) is 5.82 Å². The fourth-order valence-corrected chi connectivity index (χ4v) is 5.72. The van der Waals surface area contributed by atoms with E-state index in [0.717, 1.165) is 25.5 Å². The minimum absolute atomic E-state index is 0.814. The Hall–Kier alpha value is -0.850. The highest BCUT2D eigenvalue weighted by Gasteiger charge is 2.24. The molecule has 1 aliphatic heterocycles. The van der Waals surface area contributed by atoms with Crippen LogP contribution in [0, 0.1) is 0 Å². The average molecular weight is 349 g/mol. The molecule has 0 atom stereocenters. The summed E-state index contributed by atoms with van der Waals surface area (Å²) in [5.74, 6) is 4.60. The summed E-state index contributed by atoms with van der Waals surface area (Å²) >= 11 is 3.97. The van der Waals surface area contributed by atoms with Crippen LogP contribution < -0.4 is 4.90 Å². The van der Waals surface area contributed by atoms with Gasteiger partial charge in [0.15, 0.2) is 0 Å². The molecule has 1 aliphatic carbocycles. The summed E-state index contributed by atoms with van der Waals surface area (Å²) in [5, 5.41) is 1.37. The molecule has 0 bridgehead atoms. The van der Waals surface area contributed by atoms with Crippen LogP contribution in [0.15, 0.2) is 0 Å². The lowest BCUT2D eigenvalue weighted by atomic mass is 9.97. The number of anilines is 1. The topological polar surface area (TPSA) is 32.3 Å². The monoisotopic (exact) mass is 348 g/mol. The highest BCUT2D eigenvalue weighted by atomic mass is 32.2. The second-order valence-electron chi connectivity index (χ2n) is 6.69. The number of aryl methyl sites for hydroxylation is 2. The van der Waals surface area contributed by atoms with Gasteiger partial charge in [0, 0.05) is 29.5 Å². The van der Waals surface area contributed by atoms with Gasteiger partial charge in [-0.2, -0.15) is 11.8 Å². The third-order valence-electron chi connectivity index (χ3n) is 4.61. The second-order valence-corrected chi connectivity index (χ2v) is 9.00. The molecule has 0 spiro atoms. The molecular weight excluding hydrogens is 324 g/mol. The lowest BCUT2D eigenvalue weighted by Crippen LogP contribution is -2.33. The van der Waals surface area contributed by atoms with Crippen LogP contribution in [0.5, 0.6) is 0 Å². The molecule has 0 saturated carbocycles. The summed E-state index contributed by atoms with van der Waals surface area (Å²) in [6, 6.07) is 0. The van der Waals surface area contributed by atoms with Crippen LogP contribution in [-0.4, -0.2) is 53.6 Å². The zero-order valence-electron chi connectivity index (χ0n) is 14.0. The Bertz CT molecular complexity index is 704. The first-order valence-electron chi connectivity index (χ1n) is 8.51. The number of rotatable bonds is 3. The number of nitrogens with zero attached hydrogens (tertiary/aromatic N) is 4. The lowest BCUT2D eigenvalue weighted by molar-refractivity contribution is 0.391. The molecule has 0 radical (unpaired) electrons. The summed E-state index contributed by atoms with van der Waals surface area (Å²) < 4.78 is 0. The first-order chi connectivity index (χ1) is 11.2. The number of thiophene rings is 1. The zero-order valence-corrected chi connectivity index (χ0v) is 15.6. The molecule has 124 valence electrons. The van der Waals surface area contributed by atoms with Gasteiger partial charge >= 0.3 is 0 Å². The van der Waals surface area contributed by atoms with E-state index < -0.39 is 0 Å². The maximum absolute atomic E-state index is 5.02. The van der Waals surface area contributed by atoms with E-state index in [4.69, 9.17) is 9.97 Å². The van der Waals surface area contributed by atoms with E-state index in [1.54, 1.807) is 10.4 Å². The van der Waals surface area contributed by atoms with Gasteiger partial charge in [-0.15, -0.1) is 11.3 Å². The van der Waals surface area contributed by atoms with Crippen LogP contribution in [0.1, 0.15) is 29.1 Å². The highest BCUT2D eigenvalue weighted by Crippen LogP contribution is 2.40. The molecule has 6 heteroatoms. The Kier molecular flexibility index (Phi) is 4.48. The summed E-state index contributed by atoms with van der Waals surface area (Å²) in [6.07, 6.45) is 5.08. The molecule has 0 aromatic carbocycles. The molecule has 1 fully saturated rings. The predicted octanol–water partition coefficient (Wildman–Crippen LogP) is 3.18. The molecule has 2 aromatic heterocycles. The van der Waals surface area contributed by atoms with Crippen molar-refractivity contribution in [2.75, 3.05) is 43.6 Å². The van der Waals surface area contributed by atoms with Crippen LogP contribution in [0.25, 0.3) is 10.2 Å². The Labute approximate surface area is 146 Å². The molecule has 23 heavy (non-hydrogen) atoms. The minimum Gasteiger partial charge on any atom is -0.354 e. The fourth-order valence-electron chi connectivity index (χ4n) is 3.54. The molecule has 2 aliphatic rings. The lowest BCUT2D eigenvalue weighted by Gasteiger charge is -2.29. The van der Waals surface area contributed by atoms with Gasteiger partial charge in [0.1, 0.15) is 16.5 Å². The molecule has 4 rings (SSSR count). The molecule has 3 heterocycles. The summed E-state index contributed by atoms with van der Waals surface area (Å²) in [6.45, 7) is 3.04. The van der Waals surface area contributed by atoms with Crippen molar-refractivity contribution in [3.63, 3.8) is 0 Å². The SMILES string of the molecule is CN(C)Cc1nc(N2CCSCC2)c2c3c(sc2n1)CCCC3. The van der Waals surface area contributed by atoms with E-state index in [-0.39, 0.29) is 0 Å². The highest BCUT2D eigenvalue weighted by molar-refractivity contribution is 7.99. The second kappa shape index (κ2) is 6.57. The van der Waals surface area contributed by atoms with E-state index >= 15 is 0 Å². The Balaban J connectivity index is 1.86. The first-order valence-corrected chi connectivity index (χ1v) is 10.5. The van der Waals surface area contributed by atoms with Crippen LogP contribution >= 0.6 is 23.1 Å². The van der Waals surface area contributed by atoms with Gasteiger partial charge in [0.05, 0.1) is 11.9 Å². The van der Waals surface area contributed by atoms with Crippen molar-refractivity contribution in [2.45, 2.75) is 32.2 Å². The van der Waals surface area contributed by atoms with Crippen LogP contribution in [0.3, 0.4) is 0 Å². The molecule has 4 nitrogen and oxygen atoms in total. The van der Waals surface area contributed by atoms with Crippen molar-refractivity contribution < 1.29 is 0 Å². The summed E-state index contributed by atoms with van der Waals surface area (Å²) in [5.41, 5.74) is 1.56. The van der Waals surface area contributed by atoms with E-state index in [1.165, 1.54) is 53.2 Å². The molecular formula is C17H24N4S2. The first kappa shape index (κ1) is 15.7. The van der Waals surface area contributed by atoms with E-state index in [9.17, 15) is 0 Å². The van der Waals surface area contributed by atoms with Gasteiger partial charge in [-0.3, -0.25) is 0 Å². The third-order valence-corrected chi connectivity index (χ3v) is 6.74. The number of thioether (sulfide) groups is 1. The van der Waals surface area contributed by atoms with E-state index in [0.29, 0.717) is 0 Å². The molecule has 0 unspecified atom stereocenters. The molecule has 1 saturated heterocycles. The Morgan fingerprint density at radius 1 is 1.09 bits per heavy atom. The normalized spacial score (nSPS) is 18.7. The van der Waals surface area contributed by atoms with Gasteiger partial charge < -0.3 is 9.80 Å². The van der Waals surface area contributed by atoms with Crippen molar-refractivity contribution in [3.8, 4) is 0 Å². The number of hydrogen-bond donors (Lipinski definition) is 0.